The molecule has 1 aromatic heterocycles. The van der Waals surface area contributed by atoms with Crippen LogP contribution in [0.15, 0.2) is 42.6 Å². The molecule has 13 nitrogen and oxygen atoms in total. The second-order valence-corrected chi connectivity index (χ2v) is 9.13. The molecule has 7 N–H and O–H groups in total. The third kappa shape index (κ3) is 12.4. The number of nitrogens with one attached hydrogen (secondary N) is 1. The third-order valence-electron chi connectivity index (χ3n) is 5.83. The number of aryl methyl sites for hydroxylation is 1. The van der Waals surface area contributed by atoms with Crippen LogP contribution in [0.4, 0.5) is 42.5 Å². The molecule has 0 unspecified atom stereocenters. The molecule has 0 bridgehead atoms. The number of fused-ring (bicyclic) bond motifs is 1. The SMILES string of the molecule is CCc1ccccc1Nc1c(C(N)=O)cnc2cc(OC)c(OCCCN(C)C(N)=O)cc12.O=C(O)C(F)(F)F.O=C(O)C(F)(F)F. The number of aromatic nitrogens is 1. The van der Waals surface area contributed by atoms with Gasteiger partial charge >= 0.3 is 30.3 Å². The van der Waals surface area contributed by atoms with Crippen LogP contribution in [0.3, 0.4) is 0 Å². The second kappa shape index (κ2) is 17.3. The van der Waals surface area contributed by atoms with Gasteiger partial charge in [-0.2, -0.15) is 26.3 Å². The largest absolute Gasteiger partial charge is 0.493 e. The minimum Gasteiger partial charge on any atom is -0.493 e. The van der Waals surface area contributed by atoms with Gasteiger partial charge in [-0.1, -0.05) is 25.1 Å². The van der Waals surface area contributed by atoms with Gasteiger partial charge in [-0.15, -0.1) is 0 Å². The Kier molecular flexibility index (Phi) is 14.5. The van der Waals surface area contributed by atoms with Gasteiger partial charge in [-0.25, -0.2) is 14.4 Å². The van der Waals surface area contributed by atoms with Crippen LogP contribution >= 0.6 is 0 Å². The van der Waals surface area contributed by atoms with Crippen LogP contribution in [0.25, 0.3) is 10.9 Å². The molecule has 0 radical (unpaired) electrons. The van der Waals surface area contributed by atoms with Crippen LogP contribution < -0.4 is 26.3 Å². The number of nitrogens with two attached hydrogens (primary N) is 2. The molecule has 3 aromatic rings. The average Bonchev–Trinajstić information content (AvgIpc) is 2.98. The predicted octanol–water partition coefficient (Wildman–Crippen LogP) is 4.69. The number of benzene rings is 2. The number of carboxylic acids is 2. The zero-order valence-electron chi connectivity index (χ0n) is 25.0. The molecule has 0 atom stereocenters. The summed E-state index contributed by atoms with van der Waals surface area (Å²) in [5, 5.41) is 18.3. The van der Waals surface area contributed by atoms with E-state index in [9.17, 15) is 35.9 Å². The van der Waals surface area contributed by atoms with Gasteiger partial charge in [0.2, 0.25) is 0 Å². The first-order valence-electron chi connectivity index (χ1n) is 13.1. The second-order valence-electron chi connectivity index (χ2n) is 9.13. The number of para-hydroxylation sites is 1. The molecule has 0 aliphatic rings. The molecule has 0 spiro atoms. The van der Waals surface area contributed by atoms with Crippen molar-refractivity contribution >= 4 is 46.2 Å². The van der Waals surface area contributed by atoms with Gasteiger partial charge in [0.15, 0.2) is 11.5 Å². The van der Waals surface area contributed by atoms with Crippen LogP contribution in [0.5, 0.6) is 11.5 Å². The number of halogens is 6. The number of nitrogens with zero attached hydrogens (tertiary/aromatic N) is 2. The minimum absolute atomic E-state index is 0.271. The zero-order chi connectivity index (χ0) is 36.1. The lowest BCUT2D eigenvalue weighted by Crippen LogP contribution is -2.33. The monoisotopic (exact) mass is 679 g/mol. The van der Waals surface area contributed by atoms with E-state index in [1.807, 2.05) is 24.3 Å². The van der Waals surface area contributed by atoms with Gasteiger partial charge in [0.25, 0.3) is 5.91 Å². The minimum atomic E-state index is -5.08. The van der Waals surface area contributed by atoms with E-state index < -0.39 is 36.2 Å². The van der Waals surface area contributed by atoms with E-state index in [0.29, 0.717) is 47.7 Å². The maximum atomic E-state index is 12.2. The first-order valence-corrected chi connectivity index (χ1v) is 13.1. The summed E-state index contributed by atoms with van der Waals surface area (Å²) in [6, 6.07) is 10.9. The molecule has 258 valence electrons. The number of anilines is 2. The molecule has 0 fully saturated rings. The van der Waals surface area contributed by atoms with Gasteiger partial charge < -0.3 is 41.4 Å². The predicted molar refractivity (Wildman–Crippen MR) is 156 cm³/mol. The average molecular weight is 680 g/mol. The highest BCUT2D eigenvalue weighted by molar-refractivity contribution is 6.08. The summed E-state index contributed by atoms with van der Waals surface area (Å²) in [4.78, 5) is 47.0. The molecule has 0 aliphatic carbocycles. The topological polar surface area (TPSA) is 207 Å². The number of hydrogen-bond acceptors (Lipinski definition) is 8. The lowest BCUT2D eigenvalue weighted by atomic mass is 10.1. The Labute approximate surface area is 263 Å². The zero-order valence-corrected chi connectivity index (χ0v) is 25.0. The number of amides is 3. The first kappa shape index (κ1) is 39.5. The Balaban J connectivity index is 0.000000658. The lowest BCUT2D eigenvalue weighted by Gasteiger charge is -2.18. The molecule has 47 heavy (non-hydrogen) atoms. The maximum Gasteiger partial charge on any atom is 0.490 e. The molecule has 0 aliphatic heterocycles. The number of carbonyl (C=O) groups is 4. The van der Waals surface area contributed by atoms with Crippen molar-refractivity contribution in [3.05, 3.63) is 53.7 Å². The number of carbonyl (C=O) groups excluding carboxylic acids is 2. The Morgan fingerprint density at radius 1 is 0.957 bits per heavy atom. The first-order chi connectivity index (χ1) is 21.7. The van der Waals surface area contributed by atoms with Crippen LogP contribution in [0.2, 0.25) is 0 Å². The summed E-state index contributed by atoms with van der Waals surface area (Å²) >= 11 is 0. The van der Waals surface area contributed by atoms with E-state index in [1.54, 1.807) is 26.3 Å². The van der Waals surface area contributed by atoms with E-state index in [0.717, 1.165) is 17.7 Å². The standard InChI is InChI=1S/C24H29N5O4.2C2HF3O2/c1-4-15-8-5-6-9-18(15)28-22-16-12-21(33-11-7-10-29(2)24(26)31)20(32-3)13-19(16)27-14-17(22)23(25)30;2*3-2(4,5)1(6)7/h5-6,8-9,12-14H,4,7,10-11H2,1-3H3,(H2,25,30)(H2,26,31)(H,27,28);2*(H,6,7). The van der Waals surface area contributed by atoms with Crippen LogP contribution in [-0.2, 0) is 16.0 Å². The Morgan fingerprint density at radius 2 is 1.51 bits per heavy atom. The normalized spacial score (nSPS) is 10.8. The number of hydrogen-bond donors (Lipinski definition) is 5. The number of primary amides is 2. The summed E-state index contributed by atoms with van der Waals surface area (Å²) < 4.78 is 74.9. The Hall–Kier alpha value is -5.49. The van der Waals surface area contributed by atoms with Crippen molar-refractivity contribution in [2.45, 2.75) is 32.1 Å². The van der Waals surface area contributed by atoms with Crippen molar-refractivity contribution in [3.8, 4) is 11.5 Å². The van der Waals surface area contributed by atoms with Crippen LogP contribution in [-0.4, -0.2) is 83.6 Å². The molecule has 2 aromatic carbocycles. The highest BCUT2D eigenvalue weighted by Gasteiger charge is 2.38. The van der Waals surface area contributed by atoms with E-state index in [1.165, 1.54) is 11.1 Å². The highest BCUT2D eigenvalue weighted by Crippen LogP contribution is 2.37. The maximum absolute atomic E-state index is 12.2. The third-order valence-corrected chi connectivity index (χ3v) is 5.83. The summed E-state index contributed by atoms with van der Waals surface area (Å²) in [5.74, 6) is -5.11. The van der Waals surface area contributed by atoms with E-state index >= 15 is 0 Å². The fraction of sp³-hybridized carbons (Fsp3) is 0.321. The number of methoxy groups -OCH3 is 1. The highest BCUT2D eigenvalue weighted by atomic mass is 19.4. The number of ether oxygens (including phenoxy) is 2. The van der Waals surface area contributed by atoms with Crippen molar-refractivity contribution in [3.63, 3.8) is 0 Å². The quantitative estimate of drug-likeness (QED) is 0.147. The van der Waals surface area contributed by atoms with Gasteiger partial charge in [-0.05, 0) is 30.5 Å². The molecule has 0 saturated carbocycles. The summed E-state index contributed by atoms with van der Waals surface area (Å²) in [7, 11) is 3.17. The van der Waals surface area contributed by atoms with Gasteiger partial charge in [-0.3, -0.25) is 9.78 Å². The summed E-state index contributed by atoms with van der Waals surface area (Å²) in [5.41, 5.74) is 14.3. The fourth-order valence-electron chi connectivity index (χ4n) is 3.47. The van der Waals surface area contributed by atoms with E-state index in [-0.39, 0.29) is 5.56 Å². The Bertz CT molecular complexity index is 1540. The number of carboxylic acid groups (broad SMARTS) is 2. The number of pyridine rings is 1. The number of urea groups is 1. The molecule has 0 saturated heterocycles. The van der Waals surface area contributed by atoms with Gasteiger partial charge in [0.1, 0.15) is 0 Å². The lowest BCUT2D eigenvalue weighted by molar-refractivity contribution is -0.193. The van der Waals surface area contributed by atoms with Gasteiger partial charge in [0, 0.05) is 36.9 Å². The van der Waals surface area contributed by atoms with Crippen LogP contribution in [0, 0.1) is 0 Å². The molecular weight excluding hydrogens is 648 g/mol. The van der Waals surface area contributed by atoms with Crippen molar-refractivity contribution in [1.29, 1.82) is 0 Å². The smallest absolute Gasteiger partial charge is 0.490 e. The summed E-state index contributed by atoms with van der Waals surface area (Å²) in [6.45, 7) is 2.86. The Morgan fingerprint density at radius 3 is 1.98 bits per heavy atom. The fourth-order valence-corrected chi connectivity index (χ4v) is 3.47. The van der Waals surface area contributed by atoms with Crippen molar-refractivity contribution in [1.82, 2.24) is 9.88 Å². The molecule has 3 rings (SSSR count). The van der Waals surface area contributed by atoms with Crippen LogP contribution in [0.1, 0.15) is 29.3 Å². The number of alkyl halides is 6. The van der Waals surface area contributed by atoms with Crippen molar-refractivity contribution < 1.29 is 65.2 Å². The number of rotatable bonds is 10. The van der Waals surface area contributed by atoms with E-state index in [4.69, 9.17) is 40.7 Å². The molecular formula is C28H31F6N5O8. The molecule has 19 heteroatoms. The van der Waals surface area contributed by atoms with E-state index in [2.05, 4.69) is 17.2 Å². The molecule has 1 heterocycles. The van der Waals surface area contributed by atoms with Crippen molar-refractivity contribution in [2.75, 3.05) is 32.6 Å². The summed E-state index contributed by atoms with van der Waals surface area (Å²) in [6.07, 6.45) is -7.31. The van der Waals surface area contributed by atoms with Gasteiger partial charge in [0.05, 0.1) is 30.5 Å². The van der Waals surface area contributed by atoms with Crippen molar-refractivity contribution in [2.24, 2.45) is 11.5 Å². The molecule has 3 amide bonds. The number of aliphatic carboxylic acids is 2.